The molecular weight excluding hydrogens is 308 g/mol. The van der Waals surface area contributed by atoms with Crippen molar-refractivity contribution in [1.82, 2.24) is 14.8 Å². The number of amides is 1. The van der Waals surface area contributed by atoms with Crippen LogP contribution in [-0.4, -0.2) is 20.7 Å². The molecule has 0 unspecified atom stereocenters. The molecule has 0 fully saturated rings. The minimum atomic E-state index is -0.165. The van der Waals surface area contributed by atoms with E-state index in [4.69, 9.17) is 0 Å². The molecule has 1 aromatic carbocycles. The standard InChI is InChI=1S/C17H18N4OS/c1-11(2)17-20-14-6-5-13(8-15(14)23-17)19-16(22)7-4-12-9-18-21(3)10-12/h4-11H,1-3H3,(H,19,22)/b7-4+. The maximum Gasteiger partial charge on any atom is 0.248 e. The third kappa shape index (κ3) is 3.65. The zero-order chi connectivity index (χ0) is 16.4. The van der Waals surface area contributed by atoms with Crippen LogP contribution in [0.25, 0.3) is 16.3 Å². The van der Waals surface area contributed by atoms with Crippen molar-refractivity contribution in [2.24, 2.45) is 7.05 Å². The van der Waals surface area contributed by atoms with Crippen LogP contribution in [-0.2, 0) is 11.8 Å². The minimum Gasteiger partial charge on any atom is -0.322 e. The van der Waals surface area contributed by atoms with Crippen LogP contribution in [0.3, 0.4) is 0 Å². The molecule has 118 valence electrons. The van der Waals surface area contributed by atoms with E-state index < -0.39 is 0 Å². The molecule has 23 heavy (non-hydrogen) atoms. The number of hydrogen-bond donors (Lipinski definition) is 1. The molecule has 0 radical (unpaired) electrons. The van der Waals surface area contributed by atoms with Crippen molar-refractivity contribution in [2.75, 3.05) is 5.32 Å². The van der Waals surface area contributed by atoms with Gasteiger partial charge in [-0.1, -0.05) is 13.8 Å². The van der Waals surface area contributed by atoms with Gasteiger partial charge < -0.3 is 5.32 Å². The Kier molecular flexibility index (Phi) is 4.25. The summed E-state index contributed by atoms with van der Waals surface area (Å²) < 4.78 is 2.78. The lowest BCUT2D eigenvalue weighted by Gasteiger charge is -2.01. The molecule has 0 aliphatic carbocycles. The van der Waals surface area contributed by atoms with Gasteiger partial charge in [-0.15, -0.1) is 11.3 Å². The SMILES string of the molecule is CC(C)c1nc2ccc(NC(=O)/C=C/c3cnn(C)c3)cc2s1. The number of fused-ring (bicyclic) bond motifs is 1. The predicted octanol–water partition coefficient (Wildman–Crippen LogP) is 3.81. The third-order valence-corrected chi connectivity index (χ3v) is 4.64. The predicted molar refractivity (Wildman–Crippen MR) is 94.6 cm³/mol. The smallest absolute Gasteiger partial charge is 0.248 e. The Morgan fingerprint density at radius 3 is 2.91 bits per heavy atom. The number of anilines is 1. The first kappa shape index (κ1) is 15.4. The van der Waals surface area contributed by atoms with Gasteiger partial charge in [-0.3, -0.25) is 9.48 Å². The fraction of sp³-hybridized carbons (Fsp3) is 0.235. The van der Waals surface area contributed by atoms with Crippen LogP contribution < -0.4 is 5.32 Å². The second kappa shape index (κ2) is 6.34. The van der Waals surface area contributed by atoms with Gasteiger partial charge in [0.25, 0.3) is 0 Å². The molecule has 1 amide bonds. The van der Waals surface area contributed by atoms with E-state index in [1.54, 1.807) is 28.3 Å². The summed E-state index contributed by atoms with van der Waals surface area (Å²) in [5.41, 5.74) is 2.64. The molecule has 0 spiro atoms. The number of carbonyl (C=O) groups excluding carboxylic acids is 1. The van der Waals surface area contributed by atoms with Gasteiger partial charge in [0.15, 0.2) is 0 Å². The van der Waals surface area contributed by atoms with Crippen LogP contribution in [0, 0.1) is 0 Å². The van der Waals surface area contributed by atoms with E-state index >= 15 is 0 Å². The maximum atomic E-state index is 12.0. The Morgan fingerprint density at radius 2 is 2.22 bits per heavy atom. The van der Waals surface area contributed by atoms with E-state index in [1.165, 1.54) is 6.08 Å². The van der Waals surface area contributed by atoms with E-state index in [0.29, 0.717) is 5.92 Å². The first-order valence-electron chi connectivity index (χ1n) is 7.39. The number of aryl methyl sites for hydroxylation is 1. The number of nitrogens with one attached hydrogen (secondary N) is 1. The lowest BCUT2D eigenvalue weighted by molar-refractivity contribution is -0.111. The van der Waals surface area contributed by atoms with Crippen LogP contribution in [0.4, 0.5) is 5.69 Å². The maximum absolute atomic E-state index is 12.0. The Morgan fingerprint density at radius 1 is 1.39 bits per heavy atom. The molecule has 6 heteroatoms. The molecule has 0 bridgehead atoms. The molecule has 0 aliphatic rings. The molecule has 0 saturated heterocycles. The third-order valence-electron chi connectivity index (χ3n) is 3.32. The quantitative estimate of drug-likeness (QED) is 0.742. The fourth-order valence-electron chi connectivity index (χ4n) is 2.15. The first-order chi connectivity index (χ1) is 11.0. The van der Waals surface area contributed by atoms with Gasteiger partial charge in [0.1, 0.15) is 0 Å². The Hall–Kier alpha value is -2.47. The molecular formula is C17H18N4OS. The van der Waals surface area contributed by atoms with Crippen molar-refractivity contribution in [2.45, 2.75) is 19.8 Å². The molecule has 2 heterocycles. The largest absolute Gasteiger partial charge is 0.322 e. The summed E-state index contributed by atoms with van der Waals surface area (Å²) in [6, 6.07) is 5.79. The second-order valence-electron chi connectivity index (χ2n) is 5.66. The normalized spacial score (nSPS) is 11.7. The van der Waals surface area contributed by atoms with Gasteiger partial charge in [-0.25, -0.2) is 4.98 Å². The van der Waals surface area contributed by atoms with Gasteiger partial charge in [0.2, 0.25) is 5.91 Å². The van der Waals surface area contributed by atoms with Crippen LogP contribution in [0.5, 0.6) is 0 Å². The van der Waals surface area contributed by atoms with Gasteiger partial charge in [0, 0.05) is 36.5 Å². The molecule has 2 aromatic heterocycles. The molecule has 0 aliphatic heterocycles. The number of nitrogens with zero attached hydrogens (tertiary/aromatic N) is 3. The van der Waals surface area contributed by atoms with Crippen LogP contribution in [0.1, 0.15) is 30.3 Å². The molecule has 1 N–H and O–H groups in total. The Bertz CT molecular complexity index is 876. The zero-order valence-electron chi connectivity index (χ0n) is 13.3. The van der Waals surface area contributed by atoms with Crippen LogP contribution in [0.15, 0.2) is 36.7 Å². The van der Waals surface area contributed by atoms with Crippen molar-refractivity contribution < 1.29 is 4.79 Å². The first-order valence-corrected chi connectivity index (χ1v) is 8.21. The minimum absolute atomic E-state index is 0.165. The molecule has 0 atom stereocenters. The van der Waals surface area contributed by atoms with Crippen molar-refractivity contribution in [3.63, 3.8) is 0 Å². The topological polar surface area (TPSA) is 59.8 Å². The number of hydrogen-bond acceptors (Lipinski definition) is 4. The van der Waals surface area contributed by atoms with Gasteiger partial charge in [-0.05, 0) is 24.3 Å². The Labute approximate surface area is 138 Å². The average molecular weight is 326 g/mol. The summed E-state index contributed by atoms with van der Waals surface area (Å²) in [4.78, 5) is 16.6. The molecule has 5 nitrogen and oxygen atoms in total. The molecule has 3 rings (SSSR count). The highest BCUT2D eigenvalue weighted by molar-refractivity contribution is 7.18. The van der Waals surface area contributed by atoms with E-state index in [2.05, 4.69) is 29.2 Å². The van der Waals surface area contributed by atoms with Crippen LogP contribution >= 0.6 is 11.3 Å². The zero-order valence-corrected chi connectivity index (χ0v) is 14.1. The second-order valence-corrected chi connectivity index (χ2v) is 6.72. The molecule has 3 aromatic rings. The summed E-state index contributed by atoms with van der Waals surface area (Å²) in [7, 11) is 1.84. The highest BCUT2D eigenvalue weighted by Crippen LogP contribution is 2.29. The number of benzene rings is 1. The fourth-order valence-corrected chi connectivity index (χ4v) is 3.16. The summed E-state index contributed by atoms with van der Waals surface area (Å²) in [6.07, 6.45) is 6.80. The summed E-state index contributed by atoms with van der Waals surface area (Å²) in [5.74, 6) is 0.245. The lowest BCUT2D eigenvalue weighted by Crippen LogP contribution is -2.07. The summed E-state index contributed by atoms with van der Waals surface area (Å²) >= 11 is 1.67. The number of thiazole rings is 1. The van der Waals surface area contributed by atoms with Crippen LogP contribution in [0.2, 0.25) is 0 Å². The van der Waals surface area contributed by atoms with Crippen molar-refractivity contribution in [3.8, 4) is 0 Å². The molecule has 0 saturated carbocycles. The van der Waals surface area contributed by atoms with Crippen molar-refractivity contribution >= 4 is 39.2 Å². The van der Waals surface area contributed by atoms with Crippen molar-refractivity contribution in [1.29, 1.82) is 0 Å². The average Bonchev–Trinajstić information content (AvgIpc) is 3.10. The number of rotatable bonds is 4. The van der Waals surface area contributed by atoms with E-state index in [1.807, 2.05) is 31.4 Å². The van der Waals surface area contributed by atoms with E-state index in [9.17, 15) is 4.79 Å². The van der Waals surface area contributed by atoms with Gasteiger partial charge >= 0.3 is 0 Å². The number of carbonyl (C=O) groups is 1. The summed E-state index contributed by atoms with van der Waals surface area (Å²) in [6.45, 7) is 4.26. The van der Waals surface area contributed by atoms with Gasteiger partial charge in [-0.2, -0.15) is 5.10 Å². The number of aromatic nitrogens is 3. The van der Waals surface area contributed by atoms with E-state index in [0.717, 1.165) is 26.5 Å². The highest BCUT2D eigenvalue weighted by Gasteiger charge is 2.08. The van der Waals surface area contributed by atoms with E-state index in [-0.39, 0.29) is 5.91 Å². The highest BCUT2D eigenvalue weighted by atomic mass is 32.1. The van der Waals surface area contributed by atoms with Crippen molar-refractivity contribution in [3.05, 3.63) is 47.2 Å². The monoisotopic (exact) mass is 326 g/mol. The lowest BCUT2D eigenvalue weighted by atomic mass is 10.2. The Balaban J connectivity index is 1.73. The van der Waals surface area contributed by atoms with Gasteiger partial charge in [0.05, 0.1) is 21.4 Å². The summed E-state index contributed by atoms with van der Waals surface area (Å²) in [5, 5.41) is 8.04.